The Morgan fingerprint density at radius 2 is 2.30 bits per heavy atom. The zero-order chi connectivity index (χ0) is 14.4. The van der Waals surface area contributed by atoms with E-state index in [1.165, 1.54) is 0 Å². The highest BCUT2D eigenvalue weighted by molar-refractivity contribution is 5.76. The van der Waals surface area contributed by atoms with Crippen LogP contribution in [0.15, 0.2) is 23.2 Å². The Bertz CT molecular complexity index is 526. The summed E-state index contributed by atoms with van der Waals surface area (Å²) in [6.07, 6.45) is 7.48. The third kappa shape index (κ3) is 3.94. The summed E-state index contributed by atoms with van der Waals surface area (Å²) in [5.74, 6) is 0.867. The van der Waals surface area contributed by atoms with Gasteiger partial charge in [0, 0.05) is 37.5 Å². The topological polar surface area (TPSA) is 73.0 Å². The summed E-state index contributed by atoms with van der Waals surface area (Å²) in [7, 11) is 0. The maximum absolute atomic E-state index is 11.7. The molecule has 1 amide bonds. The molecule has 0 aliphatic carbocycles. The minimum absolute atomic E-state index is 0.0654. The molecular weight excluding hydrogens is 256 g/mol. The molecular formula is C14H20N4O2. The van der Waals surface area contributed by atoms with Gasteiger partial charge < -0.3 is 14.4 Å². The van der Waals surface area contributed by atoms with Crippen LogP contribution in [0.5, 0.6) is 0 Å². The zero-order valence-electron chi connectivity index (χ0n) is 11.9. The lowest BCUT2D eigenvalue weighted by Crippen LogP contribution is -2.25. The number of carbonyl (C=O) groups excluding carboxylic acids is 1. The molecule has 20 heavy (non-hydrogen) atoms. The van der Waals surface area contributed by atoms with E-state index in [-0.39, 0.29) is 5.91 Å². The molecule has 0 aliphatic rings. The highest BCUT2D eigenvalue weighted by Crippen LogP contribution is 2.13. The van der Waals surface area contributed by atoms with Crippen molar-refractivity contribution in [3.63, 3.8) is 0 Å². The van der Waals surface area contributed by atoms with E-state index in [0.717, 1.165) is 30.0 Å². The Hall–Kier alpha value is -2.11. The SMILES string of the molecule is Cc1noc(C)c1CCC(=O)NCCCn1ccnc1. The van der Waals surface area contributed by atoms with Crippen LogP contribution in [0.25, 0.3) is 0 Å². The first-order valence-electron chi connectivity index (χ1n) is 6.81. The normalized spacial score (nSPS) is 10.7. The zero-order valence-corrected chi connectivity index (χ0v) is 11.9. The molecule has 0 aliphatic heterocycles. The molecule has 0 atom stereocenters. The van der Waals surface area contributed by atoms with E-state index in [1.807, 2.05) is 24.6 Å². The van der Waals surface area contributed by atoms with E-state index in [2.05, 4.69) is 15.5 Å². The molecule has 6 heteroatoms. The minimum atomic E-state index is 0.0654. The van der Waals surface area contributed by atoms with Crippen LogP contribution in [0.2, 0.25) is 0 Å². The van der Waals surface area contributed by atoms with Crippen LogP contribution < -0.4 is 5.32 Å². The van der Waals surface area contributed by atoms with Crippen LogP contribution >= 0.6 is 0 Å². The number of amides is 1. The van der Waals surface area contributed by atoms with Gasteiger partial charge >= 0.3 is 0 Å². The Morgan fingerprint density at radius 1 is 1.45 bits per heavy atom. The number of carbonyl (C=O) groups is 1. The molecule has 2 aromatic rings. The van der Waals surface area contributed by atoms with Crippen molar-refractivity contribution in [3.8, 4) is 0 Å². The second kappa shape index (κ2) is 6.88. The van der Waals surface area contributed by atoms with Crippen molar-refractivity contribution in [1.82, 2.24) is 20.0 Å². The number of hydrogen-bond acceptors (Lipinski definition) is 4. The van der Waals surface area contributed by atoms with Gasteiger partial charge in [0.05, 0.1) is 12.0 Å². The smallest absolute Gasteiger partial charge is 0.220 e. The number of imidazole rings is 1. The van der Waals surface area contributed by atoms with Gasteiger partial charge in [0.2, 0.25) is 5.91 Å². The summed E-state index contributed by atoms with van der Waals surface area (Å²) in [6, 6.07) is 0. The van der Waals surface area contributed by atoms with Crippen LogP contribution in [0, 0.1) is 13.8 Å². The number of aromatic nitrogens is 3. The van der Waals surface area contributed by atoms with E-state index in [9.17, 15) is 4.79 Å². The lowest BCUT2D eigenvalue weighted by molar-refractivity contribution is -0.121. The number of nitrogens with zero attached hydrogens (tertiary/aromatic N) is 3. The molecule has 6 nitrogen and oxygen atoms in total. The fourth-order valence-electron chi connectivity index (χ4n) is 2.09. The lowest BCUT2D eigenvalue weighted by atomic mass is 10.1. The predicted molar refractivity (Wildman–Crippen MR) is 74.2 cm³/mol. The van der Waals surface area contributed by atoms with Crippen LogP contribution in [0.4, 0.5) is 0 Å². The molecule has 0 fully saturated rings. The Labute approximate surface area is 118 Å². The molecule has 0 spiro atoms. The standard InChI is InChI=1S/C14H20N4O2/c1-11-13(12(2)20-17-11)4-5-14(19)16-6-3-8-18-9-7-15-10-18/h7,9-10H,3-6,8H2,1-2H3,(H,16,19). The molecule has 2 heterocycles. The van der Waals surface area contributed by atoms with Gasteiger partial charge in [0.1, 0.15) is 5.76 Å². The van der Waals surface area contributed by atoms with E-state index < -0.39 is 0 Å². The second-order valence-corrected chi connectivity index (χ2v) is 4.81. The Kier molecular flexibility index (Phi) is 4.92. The summed E-state index contributed by atoms with van der Waals surface area (Å²) < 4.78 is 7.07. The number of hydrogen-bond donors (Lipinski definition) is 1. The van der Waals surface area contributed by atoms with Gasteiger partial charge in [-0.2, -0.15) is 0 Å². The van der Waals surface area contributed by atoms with Gasteiger partial charge in [-0.3, -0.25) is 4.79 Å². The largest absolute Gasteiger partial charge is 0.361 e. The number of rotatable bonds is 7. The molecule has 108 valence electrons. The third-order valence-corrected chi connectivity index (χ3v) is 3.26. The summed E-state index contributed by atoms with van der Waals surface area (Å²) in [6.45, 7) is 5.32. The van der Waals surface area contributed by atoms with Gasteiger partial charge in [-0.1, -0.05) is 5.16 Å². The van der Waals surface area contributed by atoms with Crippen molar-refractivity contribution in [2.45, 2.75) is 39.7 Å². The molecule has 0 radical (unpaired) electrons. The number of aryl methyl sites for hydroxylation is 3. The fraction of sp³-hybridized carbons (Fsp3) is 0.500. The van der Waals surface area contributed by atoms with E-state index >= 15 is 0 Å². The maximum atomic E-state index is 11.7. The summed E-state index contributed by atoms with van der Waals surface area (Å²) in [5, 5.41) is 6.81. The molecule has 0 saturated heterocycles. The molecule has 2 aromatic heterocycles. The fourth-order valence-corrected chi connectivity index (χ4v) is 2.09. The monoisotopic (exact) mass is 276 g/mol. The van der Waals surface area contributed by atoms with E-state index in [0.29, 0.717) is 19.4 Å². The van der Waals surface area contributed by atoms with Gasteiger partial charge in [0.15, 0.2) is 0 Å². The van der Waals surface area contributed by atoms with Crippen molar-refractivity contribution in [3.05, 3.63) is 35.7 Å². The van der Waals surface area contributed by atoms with Crippen LogP contribution in [0.3, 0.4) is 0 Å². The van der Waals surface area contributed by atoms with Crippen molar-refractivity contribution in [2.24, 2.45) is 0 Å². The molecule has 0 bridgehead atoms. The summed E-state index contributed by atoms with van der Waals surface area (Å²) >= 11 is 0. The molecule has 0 saturated carbocycles. The average molecular weight is 276 g/mol. The predicted octanol–water partition coefficient (Wildman–Crippen LogP) is 1.63. The summed E-state index contributed by atoms with van der Waals surface area (Å²) in [5.41, 5.74) is 1.91. The van der Waals surface area contributed by atoms with Gasteiger partial charge in [-0.25, -0.2) is 4.98 Å². The van der Waals surface area contributed by atoms with Gasteiger partial charge in [-0.05, 0) is 26.7 Å². The van der Waals surface area contributed by atoms with E-state index in [4.69, 9.17) is 4.52 Å². The first kappa shape index (κ1) is 14.3. The van der Waals surface area contributed by atoms with Crippen molar-refractivity contribution in [2.75, 3.05) is 6.54 Å². The van der Waals surface area contributed by atoms with Gasteiger partial charge in [-0.15, -0.1) is 0 Å². The third-order valence-electron chi connectivity index (χ3n) is 3.26. The highest BCUT2D eigenvalue weighted by Gasteiger charge is 2.10. The van der Waals surface area contributed by atoms with Crippen molar-refractivity contribution in [1.29, 1.82) is 0 Å². The van der Waals surface area contributed by atoms with Crippen molar-refractivity contribution < 1.29 is 9.32 Å². The van der Waals surface area contributed by atoms with Gasteiger partial charge in [0.25, 0.3) is 0 Å². The van der Waals surface area contributed by atoms with E-state index in [1.54, 1.807) is 12.5 Å². The molecule has 0 unspecified atom stereocenters. The molecule has 1 N–H and O–H groups in total. The minimum Gasteiger partial charge on any atom is -0.361 e. The first-order valence-corrected chi connectivity index (χ1v) is 6.81. The Balaban J connectivity index is 1.63. The molecule has 2 rings (SSSR count). The second-order valence-electron chi connectivity index (χ2n) is 4.81. The maximum Gasteiger partial charge on any atom is 0.220 e. The summed E-state index contributed by atoms with van der Waals surface area (Å²) in [4.78, 5) is 15.7. The lowest BCUT2D eigenvalue weighted by Gasteiger charge is -2.05. The number of nitrogens with one attached hydrogen (secondary N) is 1. The first-order chi connectivity index (χ1) is 9.66. The van der Waals surface area contributed by atoms with Crippen LogP contribution in [-0.4, -0.2) is 27.2 Å². The van der Waals surface area contributed by atoms with Crippen LogP contribution in [0.1, 0.15) is 29.9 Å². The average Bonchev–Trinajstić information content (AvgIpc) is 3.04. The quantitative estimate of drug-likeness (QED) is 0.780. The van der Waals surface area contributed by atoms with Crippen LogP contribution in [-0.2, 0) is 17.8 Å². The Morgan fingerprint density at radius 3 is 2.95 bits per heavy atom. The van der Waals surface area contributed by atoms with Crippen molar-refractivity contribution >= 4 is 5.91 Å². The highest BCUT2D eigenvalue weighted by atomic mass is 16.5. The molecule has 0 aromatic carbocycles.